The summed E-state index contributed by atoms with van der Waals surface area (Å²) in [6.07, 6.45) is 6.84. The van der Waals surface area contributed by atoms with Crippen LogP contribution in [0.15, 0.2) is 41.3 Å². The first kappa shape index (κ1) is 20.9. The molecule has 0 bridgehead atoms. The molecule has 3 amide bonds. The summed E-state index contributed by atoms with van der Waals surface area (Å²) in [5.74, 6) is 0.562. The zero-order chi connectivity index (χ0) is 20.5. The van der Waals surface area contributed by atoms with E-state index in [-0.39, 0.29) is 11.9 Å². The number of urea groups is 1. The van der Waals surface area contributed by atoms with Crippen molar-refractivity contribution in [3.05, 3.63) is 53.7 Å². The van der Waals surface area contributed by atoms with Crippen LogP contribution in [0.25, 0.3) is 0 Å². The number of hydrogen-bond donors (Lipinski definition) is 2. The summed E-state index contributed by atoms with van der Waals surface area (Å²) < 4.78 is 5.23. The van der Waals surface area contributed by atoms with Crippen LogP contribution in [0.3, 0.4) is 0 Å². The molecule has 1 saturated heterocycles. The Bertz CT molecular complexity index is 785. The normalized spacial score (nSPS) is 14.6. The molecule has 2 N–H and O–H groups in total. The van der Waals surface area contributed by atoms with Gasteiger partial charge in [0.2, 0.25) is 0 Å². The summed E-state index contributed by atoms with van der Waals surface area (Å²) in [5, 5.41) is 5.69. The van der Waals surface area contributed by atoms with E-state index in [1.54, 1.807) is 18.5 Å². The van der Waals surface area contributed by atoms with Crippen molar-refractivity contribution in [2.45, 2.75) is 26.3 Å². The molecule has 0 aromatic carbocycles. The van der Waals surface area contributed by atoms with Crippen molar-refractivity contribution in [1.82, 2.24) is 25.4 Å². The Labute approximate surface area is 171 Å². The van der Waals surface area contributed by atoms with Crippen LogP contribution in [0.4, 0.5) is 4.79 Å². The molecule has 2 aromatic rings. The van der Waals surface area contributed by atoms with Crippen molar-refractivity contribution >= 4 is 11.9 Å². The van der Waals surface area contributed by atoms with E-state index in [2.05, 4.69) is 20.5 Å². The van der Waals surface area contributed by atoms with Crippen LogP contribution in [0.2, 0.25) is 0 Å². The summed E-state index contributed by atoms with van der Waals surface area (Å²) >= 11 is 0. The zero-order valence-corrected chi connectivity index (χ0v) is 16.9. The molecule has 0 spiro atoms. The third-order valence-electron chi connectivity index (χ3n) is 4.99. The van der Waals surface area contributed by atoms with Gasteiger partial charge in [-0.25, -0.2) is 4.79 Å². The van der Waals surface area contributed by atoms with Gasteiger partial charge in [0.25, 0.3) is 5.91 Å². The van der Waals surface area contributed by atoms with Gasteiger partial charge >= 0.3 is 6.03 Å². The molecule has 8 nitrogen and oxygen atoms in total. The van der Waals surface area contributed by atoms with Crippen molar-refractivity contribution in [3.8, 4) is 0 Å². The molecule has 156 valence electrons. The fourth-order valence-corrected chi connectivity index (χ4v) is 3.38. The number of hydrogen-bond acceptors (Lipinski definition) is 5. The summed E-state index contributed by atoms with van der Waals surface area (Å²) in [6.45, 7) is 7.23. The molecule has 0 saturated carbocycles. The van der Waals surface area contributed by atoms with Gasteiger partial charge in [-0.15, -0.1) is 0 Å². The summed E-state index contributed by atoms with van der Waals surface area (Å²) in [5.41, 5.74) is 1.61. The maximum absolute atomic E-state index is 12.3. The lowest BCUT2D eigenvalue weighted by molar-refractivity contribution is 0.0947. The first-order chi connectivity index (χ1) is 14.2. The van der Waals surface area contributed by atoms with Crippen LogP contribution in [-0.2, 0) is 13.0 Å². The molecule has 0 radical (unpaired) electrons. The van der Waals surface area contributed by atoms with E-state index in [0.717, 1.165) is 56.9 Å². The molecule has 1 aliphatic rings. The fraction of sp³-hybridized carbons (Fsp3) is 0.476. The molecule has 1 aliphatic heterocycles. The topological polar surface area (TPSA) is 90.7 Å². The Morgan fingerprint density at radius 2 is 2.00 bits per heavy atom. The van der Waals surface area contributed by atoms with Crippen molar-refractivity contribution in [3.63, 3.8) is 0 Å². The number of nitrogens with one attached hydrogen (secondary N) is 2. The lowest BCUT2D eigenvalue weighted by Gasteiger charge is -2.34. The van der Waals surface area contributed by atoms with E-state index in [1.807, 2.05) is 30.2 Å². The molecule has 0 unspecified atom stereocenters. The Kier molecular flexibility index (Phi) is 7.63. The zero-order valence-electron chi connectivity index (χ0n) is 16.9. The lowest BCUT2D eigenvalue weighted by atomic mass is 10.1. The first-order valence-electron chi connectivity index (χ1n) is 10.2. The van der Waals surface area contributed by atoms with Gasteiger partial charge in [-0.3, -0.25) is 14.7 Å². The van der Waals surface area contributed by atoms with E-state index in [9.17, 15) is 9.59 Å². The highest BCUT2D eigenvalue weighted by molar-refractivity contribution is 5.93. The average molecular weight is 399 g/mol. The number of piperazine rings is 1. The molecular weight excluding hydrogens is 370 g/mol. The van der Waals surface area contributed by atoms with Crippen LogP contribution in [-0.4, -0.2) is 66.0 Å². The molecule has 3 heterocycles. The number of amides is 3. The molecule has 2 aromatic heterocycles. The Morgan fingerprint density at radius 1 is 1.17 bits per heavy atom. The molecule has 3 rings (SSSR count). The predicted octanol–water partition coefficient (Wildman–Crippen LogP) is 1.88. The number of aromatic nitrogens is 1. The van der Waals surface area contributed by atoms with Gasteiger partial charge in [0.15, 0.2) is 0 Å². The van der Waals surface area contributed by atoms with Crippen molar-refractivity contribution < 1.29 is 14.0 Å². The minimum Gasteiger partial charge on any atom is -0.467 e. The van der Waals surface area contributed by atoms with Gasteiger partial charge in [0.1, 0.15) is 5.76 Å². The first-order valence-corrected chi connectivity index (χ1v) is 10.2. The Hall–Kier alpha value is -2.87. The van der Waals surface area contributed by atoms with E-state index in [4.69, 9.17) is 4.42 Å². The van der Waals surface area contributed by atoms with Crippen molar-refractivity contribution in [2.24, 2.45) is 0 Å². The average Bonchev–Trinajstić information content (AvgIpc) is 3.26. The van der Waals surface area contributed by atoms with Crippen LogP contribution in [0.1, 0.15) is 35.0 Å². The van der Waals surface area contributed by atoms with Gasteiger partial charge in [-0.1, -0.05) is 0 Å². The lowest BCUT2D eigenvalue weighted by Crippen LogP contribution is -2.51. The predicted molar refractivity (Wildman–Crippen MR) is 110 cm³/mol. The van der Waals surface area contributed by atoms with Crippen LogP contribution < -0.4 is 10.6 Å². The fourth-order valence-electron chi connectivity index (χ4n) is 3.38. The highest BCUT2D eigenvalue weighted by Crippen LogP contribution is 2.09. The van der Waals surface area contributed by atoms with Gasteiger partial charge in [0.05, 0.1) is 18.4 Å². The van der Waals surface area contributed by atoms with Crippen molar-refractivity contribution in [1.29, 1.82) is 0 Å². The molecule has 1 fully saturated rings. The largest absolute Gasteiger partial charge is 0.467 e. The van der Waals surface area contributed by atoms with Crippen LogP contribution in [0.5, 0.6) is 0 Å². The number of furan rings is 1. The number of rotatable bonds is 8. The van der Waals surface area contributed by atoms with E-state index in [0.29, 0.717) is 18.7 Å². The minimum atomic E-state index is -0.155. The molecule has 8 heteroatoms. The smallest absolute Gasteiger partial charge is 0.317 e. The number of carbonyl (C=O) groups excluding carboxylic acids is 2. The quantitative estimate of drug-likeness (QED) is 0.707. The van der Waals surface area contributed by atoms with Gasteiger partial charge in [-0.05, 0) is 50.1 Å². The second-order valence-corrected chi connectivity index (χ2v) is 7.11. The number of aryl methyl sites for hydroxylation is 1. The third-order valence-corrected chi connectivity index (χ3v) is 4.99. The summed E-state index contributed by atoms with van der Waals surface area (Å²) in [4.78, 5) is 32.6. The standard InChI is InChI=1S/C21H29N5O3/c1-2-23-21(28)26-10-8-25(9-11-26)7-3-5-17-13-18(15-22-14-17)20(27)24-16-19-6-4-12-29-19/h4,6,12-15H,2-3,5,7-11,16H2,1H3,(H,23,28)(H,24,27). The summed E-state index contributed by atoms with van der Waals surface area (Å²) in [7, 11) is 0. The highest BCUT2D eigenvalue weighted by Gasteiger charge is 2.20. The third kappa shape index (κ3) is 6.32. The van der Waals surface area contributed by atoms with Gasteiger partial charge in [0, 0.05) is 45.1 Å². The Morgan fingerprint density at radius 3 is 2.72 bits per heavy atom. The van der Waals surface area contributed by atoms with E-state index >= 15 is 0 Å². The number of nitrogens with zero attached hydrogens (tertiary/aromatic N) is 3. The second kappa shape index (κ2) is 10.6. The van der Waals surface area contributed by atoms with E-state index in [1.165, 1.54) is 0 Å². The van der Waals surface area contributed by atoms with Gasteiger partial charge in [-0.2, -0.15) is 0 Å². The number of pyridine rings is 1. The SMILES string of the molecule is CCNC(=O)N1CCN(CCCc2cncc(C(=O)NCc3ccco3)c2)CC1. The molecule has 0 atom stereocenters. The second-order valence-electron chi connectivity index (χ2n) is 7.11. The maximum atomic E-state index is 12.3. The van der Waals surface area contributed by atoms with Gasteiger partial charge < -0.3 is 20.0 Å². The maximum Gasteiger partial charge on any atom is 0.317 e. The monoisotopic (exact) mass is 399 g/mol. The minimum absolute atomic E-state index is 0.0281. The molecule has 0 aliphatic carbocycles. The van der Waals surface area contributed by atoms with E-state index < -0.39 is 0 Å². The Balaban J connectivity index is 1.39. The summed E-state index contributed by atoms with van der Waals surface area (Å²) in [6, 6.07) is 5.55. The van der Waals surface area contributed by atoms with Crippen molar-refractivity contribution in [2.75, 3.05) is 39.3 Å². The van der Waals surface area contributed by atoms with Crippen LogP contribution >= 0.6 is 0 Å². The molecule has 29 heavy (non-hydrogen) atoms. The number of carbonyl (C=O) groups is 2. The van der Waals surface area contributed by atoms with Crippen LogP contribution in [0, 0.1) is 0 Å². The molecular formula is C21H29N5O3. The highest BCUT2D eigenvalue weighted by atomic mass is 16.3.